The second-order valence-electron chi connectivity index (χ2n) is 4.69. The van der Waals surface area contributed by atoms with E-state index < -0.39 is 24.5 Å². The Morgan fingerprint density at radius 2 is 1.88 bits per heavy atom. The molecule has 1 heterocycles. The molecule has 1 amide bonds. The number of amides is 1. The Kier molecular flexibility index (Phi) is 7.31. The van der Waals surface area contributed by atoms with Gasteiger partial charge in [0.1, 0.15) is 5.00 Å². The maximum atomic E-state index is 12.1. The third kappa shape index (κ3) is 5.02. The smallest absolute Gasteiger partial charge is 0.341 e. The molecule has 0 saturated heterocycles. The van der Waals surface area contributed by atoms with Crippen molar-refractivity contribution in [3.8, 4) is 0 Å². The largest absolute Gasteiger partial charge is 0.462 e. The summed E-state index contributed by atoms with van der Waals surface area (Å²) in [6.07, 6.45) is 2.67. The van der Waals surface area contributed by atoms with E-state index in [4.69, 9.17) is 9.47 Å². The highest BCUT2D eigenvalue weighted by molar-refractivity contribution is 7.18. The SMILES string of the molecule is C/C=C/C(=O)OCC(=O)Nc1sc(C(C)=O)c(C)c1C(=O)OCC. The molecule has 130 valence electrons. The van der Waals surface area contributed by atoms with E-state index in [0.29, 0.717) is 10.4 Å². The standard InChI is InChI=1S/C16H19NO6S/c1-5-7-12(20)23-8-11(19)17-15-13(16(21)22-6-2)9(3)14(24-15)10(4)18/h5,7H,6,8H2,1-4H3,(H,17,19)/b7-5+. The molecule has 0 bridgehead atoms. The summed E-state index contributed by atoms with van der Waals surface area (Å²) in [5.74, 6) is -2.11. The van der Waals surface area contributed by atoms with E-state index in [9.17, 15) is 19.2 Å². The maximum absolute atomic E-state index is 12.1. The van der Waals surface area contributed by atoms with Gasteiger partial charge in [0.05, 0.1) is 17.0 Å². The first-order chi connectivity index (χ1) is 11.3. The fourth-order valence-electron chi connectivity index (χ4n) is 1.87. The molecule has 1 rings (SSSR count). The number of hydrogen-bond acceptors (Lipinski definition) is 7. The van der Waals surface area contributed by atoms with E-state index in [0.717, 1.165) is 11.3 Å². The van der Waals surface area contributed by atoms with Crippen LogP contribution in [0.5, 0.6) is 0 Å². The van der Waals surface area contributed by atoms with Crippen LogP contribution in [0.2, 0.25) is 0 Å². The van der Waals surface area contributed by atoms with Gasteiger partial charge in [0.2, 0.25) is 0 Å². The summed E-state index contributed by atoms with van der Waals surface area (Å²) >= 11 is 0.984. The number of nitrogens with one attached hydrogen (secondary N) is 1. The summed E-state index contributed by atoms with van der Waals surface area (Å²) < 4.78 is 9.70. The number of carbonyl (C=O) groups is 4. The fraction of sp³-hybridized carbons (Fsp3) is 0.375. The van der Waals surface area contributed by atoms with E-state index in [1.165, 1.54) is 19.1 Å². The molecule has 1 aromatic rings. The van der Waals surface area contributed by atoms with Crippen molar-refractivity contribution in [2.24, 2.45) is 0 Å². The Morgan fingerprint density at radius 1 is 1.21 bits per heavy atom. The lowest BCUT2D eigenvalue weighted by molar-refractivity contribution is -0.142. The van der Waals surface area contributed by atoms with Crippen molar-refractivity contribution >= 4 is 40.0 Å². The van der Waals surface area contributed by atoms with E-state index in [2.05, 4.69) is 5.32 Å². The number of anilines is 1. The molecule has 0 radical (unpaired) electrons. The molecule has 0 aliphatic heterocycles. The average molecular weight is 353 g/mol. The lowest BCUT2D eigenvalue weighted by Gasteiger charge is -2.07. The number of esters is 2. The van der Waals surface area contributed by atoms with Crippen molar-refractivity contribution in [3.05, 3.63) is 28.2 Å². The molecule has 0 aliphatic rings. The number of allylic oxidation sites excluding steroid dienone is 1. The van der Waals surface area contributed by atoms with Crippen molar-refractivity contribution in [2.45, 2.75) is 27.7 Å². The number of thiophene rings is 1. The number of hydrogen-bond donors (Lipinski definition) is 1. The minimum Gasteiger partial charge on any atom is -0.462 e. The third-order valence-corrected chi connectivity index (χ3v) is 4.16. The molecule has 0 unspecified atom stereocenters. The van der Waals surface area contributed by atoms with Crippen LogP contribution < -0.4 is 5.32 Å². The molecule has 7 nitrogen and oxygen atoms in total. The van der Waals surface area contributed by atoms with Gasteiger partial charge in [-0.3, -0.25) is 9.59 Å². The van der Waals surface area contributed by atoms with Crippen molar-refractivity contribution in [1.29, 1.82) is 0 Å². The van der Waals surface area contributed by atoms with Gasteiger partial charge in [-0.15, -0.1) is 11.3 Å². The highest BCUT2D eigenvalue weighted by atomic mass is 32.1. The van der Waals surface area contributed by atoms with Crippen LogP contribution >= 0.6 is 11.3 Å². The summed E-state index contributed by atoms with van der Waals surface area (Å²) in [5, 5.41) is 2.69. The van der Waals surface area contributed by atoms with E-state index >= 15 is 0 Å². The van der Waals surface area contributed by atoms with Crippen LogP contribution in [0.1, 0.15) is 46.4 Å². The molecule has 0 atom stereocenters. The average Bonchev–Trinajstić information content (AvgIpc) is 2.82. The Balaban J connectivity index is 2.99. The van der Waals surface area contributed by atoms with Gasteiger partial charge in [-0.25, -0.2) is 9.59 Å². The van der Waals surface area contributed by atoms with Crippen molar-refractivity contribution in [3.63, 3.8) is 0 Å². The predicted molar refractivity (Wildman–Crippen MR) is 89.4 cm³/mol. The van der Waals surface area contributed by atoms with Gasteiger partial charge in [-0.1, -0.05) is 6.08 Å². The summed E-state index contributed by atoms with van der Waals surface area (Å²) in [6.45, 7) is 5.95. The highest BCUT2D eigenvalue weighted by Crippen LogP contribution is 2.34. The number of rotatable bonds is 7. The van der Waals surface area contributed by atoms with E-state index in [1.807, 2.05) is 0 Å². The van der Waals surface area contributed by atoms with Crippen LogP contribution in [0.25, 0.3) is 0 Å². The molecular weight excluding hydrogens is 334 g/mol. The minimum atomic E-state index is -0.648. The number of ketones is 1. The number of Topliss-reactive ketones (excluding diaryl/α,β-unsaturated/α-hetero) is 1. The molecule has 0 fully saturated rings. The monoisotopic (exact) mass is 353 g/mol. The Morgan fingerprint density at radius 3 is 2.42 bits per heavy atom. The van der Waals surface area contributed by atoms with Crippen molar-refractivity contribution < 1.29 is 28.7 Å². The second-order valence-corrected chi connectivity index (χ2v) is 5.71. The van der Waals surface area contributed by atoms with Crippen molar-refractivity contribution in [1.82, 2.24) is 0 Å². The maximum Gasteiger partial charge on any atom is 0.341 e. The first kappa shape index (κ1) is 19.6. The predicted octanol–water partition coefficient (Wildman–Crippen LogP) is 2.49. The zero-order chi connectivity index (χ0) is 18.3. The van der Waals surface area contributed by atoms with Crippen LogP contribution in [0.15, 0.2) is 12.2 Å². The van der Waals surface area contributed by atoms with Gasteiger partial charge < -0.3 is 14.8 Å². The topological polar surface area (TPSA) is 98.8 Å². The first-order valence-corrected chi connectivity index (χ1v) is 8.04. The third-order valence-electron chi connectivity index (χ3n) is 2.85. The Bertz CT molecular complexity index is 689. The van der Waals surface area contributed by atoms with Gasteiger partial charge in [-0.2, -0.15) is 0 Å². The highest BCUT2D eigenvalue weighted by Gasteiger charge is 2.25. The van der Waals surface area contributed by atoms with Crippen LogP contribution in [-0.2, 0) is 19.1 Å². The van der Waals surface area contributed by atoms with E-state index in [-0.39, 0.29) is 23.0 Å². The molecule has 1 aromatic heterocycles. The molecule has 0 aliphatic carbocycles. The van der Waals surface area contributed by atoms with Gasteiger partial charge in [0.15, 0.2) is 12.4 Å². The van der Waals surface area contributed by atoms with Gasteiger partial charge in [-0.05, 0) is 33.3 Å². The lowest BCUT2D eigenvalue weighted by Crippen LogP contribution is -2.21. The molecule has 0 spiro atoms. The van der Waals surface area contributed by atoms with Gasteiger partial charge in [0.25, 0.3) is 5.91 Å². The lowest BCUT2D eigenvalue weighted by atomic mass is 10.1. The quantitative estimate of drug-likeness (QED) is 0.459. The molecule has 1 N–H and O–H groups in total. The zero-order valence-electron chi connectivity index (χ0n) is 13.9. The van der Waals surface area contributed by atoms with Crippen LogP contribution in [0.3, 0.4) is 0 Å². The Hall–Kier alpha value is -2.48. The molecule has 0 aromatic carbocycles. The number of carbonyl (C=O) groups excluding carboxylic acids is 4. The summed E-state index contributed by atoms with van der Waals surface area (Å²) in [6, 6.07) is 0. The fourth-order valence-corrected chi connectivity index (χ4v) is 2.98. The molecule has 0 saturated carbocycles. The van der Waals surface area contributed by atoms with Crippen molar-refractivity contribution in [2.75, 3.05) is 18.5 Å². The van der Waals surface area contributed by atoms with Crippen LogP contribution in [0.4, 0.5) is 5.00 Å². The first-order valence-electron chi connectivity index (χ1n) is 7.22. The second kappa shape index (κ2) is 8.97. The molecule has 24 heavy (non-hydrogen) atoms. The zero-order valence-corrected chi connectivity index (χ0v) is 14.7. The number of ether oxygens (including phenoxy) is 2. The van der Waals surface area contributed by atoms with Gasteiger partial charge >= 0.3 is 11.9 Å². The summed E-state index contributed by atoms with van der Waals surface area (Å²) in [7, 11) is 0. The minimum absolute atomic E-state index is 0.139. The van der Waals surface area contributed by atoms with Crippen LogP contribution in [-0.4, -0.2) is 36.8 Å². The van der Waals surface area contributed by atoms with E-state index in [1.54, 1.807) is 20.8 Å². The summed E-state index contributed by atoms with van der Waals surface area (Å²) in [4.78, 5) is 47.2. The normalized spacial score (nSPS) is 10.5. The van der Waals surface area contributed by atoms with Gasteiger partial charge in [0, 0.05) is 6.08 Å². The van der Waals surface area contributed by atoms with Crippen LogP contribution in [0, 0.1) is 6.92 Å². The molecular formula is C16H19NO6S. The summed E-state index contributed by atoms with van der Waals surface area (Å²) in [5.41, 5.74) is 0.590. The molecule has 8 heteroatoms. The Labute approximate surface area is 143 Å².